The van der Waals surface area contributed by atoms with E-state index in [1.807, 2.05) is 18.2 Å². The zero-order valence-electron chi connectivity index (χ0n) is 13.8. The Labute approximate surface area is 145 Å². The fraction of sp³-hybridized carbons (Fsp3) is 0.0455. The molecule has 3 heteroatoms. The second-order valence-electron chi connectivity index (χ2n) is 6.13. The van der Waals surface area contributed by atoms with Gasteiger partial charge in [0.1, 0.15) is 5.75 Å². The molecule has 0 radical (unpaired) electrons. The topological polar surface area (TPSA) is 26.5 Å². The first-order chi connectivity index (χ1) is 12.3. The normalized spacial score (nSPS) is 11.4. The van der Waals surface area contributed by atoms with Gasteiger partial charge in [0.2, 0.25) is 0 Å². The monoisotopic (exact) mass is 324 g/mol. The summed E-state index contributed by atoms with van der Waals surface area (Å²) < 4.78 is 7.50. The molecule has 5 aromatic rings. The number of pyridine rings is 1. The number of hydrogen-bond acceptors (Lipinski definition) is 2. The molecule has 0 spiro atoms. The highest BCUT2D eigenvalue weighted by Crippen LogP contribution is 2.34. The van der Waals surface area contributed by atoms with Gasteiger partial charge in [0.25, 0.3) is 0 Å². The van der Waals surface area contributed by atoms with Crippen molar-refractivity contribution in [3.63, 3.8) is 0 Å². The molecule has 25 heavy (non-hydrogen) atoms. The second-order valence-corrected chi connectivity index (χ2v) is 6.13. The van der Waals surface area contributed by atoms with Crippen LogP contribution in [0.3, 0.4) is 0 Å². The summed E-state index contributed by atoms with van der Waals surface area (Å²) in [6.45, 7) is 0. The van der Waals surface area contributed by atoms with Crippen molar-refractivity contribution in [1.82, 2.24) is 9.61 Å². The fourth-order valence-electron chi connectivity index (χ4n) is 3.48. The molecule has 0 aliphatic rings. The van der Waals surface area contributed by atoms with E-state index in [2.05, 4.69) is 65.2 Å². The van der Waals surface area contributed by atoms with E-state index in [9.17, 15) is 0 Å². The van der Waals surface area contributed by atoms with Gasteiger partial charge in [-0.2, -0.15) is 5.10 Å². The summed E-state index contributed by atoms with van der Waals surface area (Å²) in [5.74, 6) is 0.854. The van der Waals surface area contributed by atoms with Crippen LogP contribution in [0.1, 0.15) is 0 Å². The molecular weight excluding hydrogens is 308 g/mol. The Balaban J connectivity index is 2.01. The Hall–Kier alpha value is -3.33. The molecule has 0 aliphatic heterocycles. The quantitative estimate of drug-likeness (QED) is 0.439. The minimum Gasteiger partial charge on any atom is -0.497 e. The van der Waals surface area contributed by atoms with E-state index in [4.69, 9.17) is 9.84 Å². The van der Waals surface area contributed by atoms with Gasteiger partial charge in [0.15, 0.2) is 0 Å². The minimum atomic E-state index is 0.854. The van der Waals surface area contributed by atoms with Gasteiger partial charge in [-0.15, -0.1) is 0 Å². The van der Waals surface area contributed by atoms with Crippen LogP contribution in [0, 0.1) is 0 Å². The van der Waals surface area contributed by atoms with Gasteiger partial charge < -0.3 is 4.74 Å². The first-order valence-electron chi connectivity index (χ1n) is 8.29. The van der Waals surface area contributed by atoms with Gasteiger partial charge in [-0.25, -0.2) is 4.52 Å². The number of nitrogens with zero attached hydrogens (tertiary/aromatic N) is 2. The highest BCUT2D eigenvalue weighted by Gasteiger charge is 2.14. The van der Waals surface area contributed by atoms with Gasteiger partial charge in [-0.05, 0) is 29.7 Å². The standard InChI is InChI=1S/C22H16N2O/c1-25-17-12-11-16-13-21(15-7-3-2-4-8-15)24-22(19(16)14-17)18-9-5-6-10-20(18)23-24/h2-14H,1H3. The number of ether oxygens (including phenoxy) is 1. The lowest BCUT2D eigenvalue weighted by atomic mass is 10.0. The number of methoxy groups -OCH3 is 1. The highest BCUT2D eigenvalue weighted by atomic mass is 16.5. The van der Waals surface area contributed by atoms with Crippen LogP contribution in [-0.4, -0.2) is 16.7 Å². The molecule has 2 aromatic heterocycles. The van der Waals surface area contributed by atoms with Gasteiger partial charge in [-0.3, -0.25) is 0 Å². The van der Waals surface area contributed by atoms with E-state index in [0.717, 1.165) is 38.8 Å². The van der Waals surface area contributed by atoms with Crippen LogP contribution in [0.25, 0.3) is 38.4 Å². The van der Waals surface area contributed by atoms with Crippen LogP contribution < -0.4 is 4.74 Å². The van der Waals surface area contributed by atoms with Crippen LogP contribution >= 0.6 is 0 Å². The Kier molecular flexibility index (Phi) is 3.01. The summed E-state index contributed by atoms with van der Waals surface area (Å²) in [7, 11) is 1.70. The molecule has 0 aliphatic carbocycles. The summed E-state index contributed by atoms with van der Waals surface area (Å²) in [5, 5.41) is 8.35. The lowest BCUT2D eigenvalue weighted by Crippen LogP contribution is -1.95. The summed E-state index contributed by atoms with van der Waals surface area (Å²) in [4.78, 5) is 0. The zero-order chi connectivity index (χ0) is 16.8. The van der Waals surface area contributed by atoms with E-state index in [-0.39, 0.29) is 0 Å². The maximum absolute atomic E-state index is 5.45. The number of aromatic nitrogens is 2. The Bertz CT molecular complexity index is 1220. The van der Waals surface area contributed by atoms with Gasteiger partial charge in [0.05, 0.1) is 23.8 Å². The van der Waals surface area contributed by atoms with E-state index in [1.165, 1.54) is 5.39 Å². The van der Waals surface area contributed by atoms with Crippen LogP contribution in [0.15, 0.2) is 78.9 Å². The maximum Gasteiger partial charge on any atom is 0.119 e. The van der Waals surface area contributed by atoms with E-state index in [0.29, 0.717) is 0 Å². The molecule has 120 valence electrons. The molecule has 3 aromatic carbocycles. The van der Waals surface area contributed by atoms with E-state index in [1.54, 1.807) is 7.11 Å². The average Bonchev–Trinajstić information content (AvgIpc) is 3.07. The molecule has 2 heterocycles. The van der Waals surface area contributed by atoms with Crippen molar-refractivity contribution in [2.24, 2.45) is 0 Å². The summed E-state index contributed by atoms with van der Waals surface area (Å²) >= 11 is 0. The Morgan fingerprint density at radius 2 is 1.60 bits per heavy atom. The number of benzene rings is 3. The van der Waals surface area contributed by atoms with E-state index >= 15 is 0 Å². The molecule has 5 rings (SSSR count). The molecule has 0 fully saturated rings. The largest absolute Gasteiger partial charge is 0.497 e. The lowest BCUT2D eigenvalue weighted by Gasteiger charge is -2.10. The van der Waals surface area contributed by atoms with Gasteiger partial charge in [0, 0.05) is 16.3 Å². The van der Waals surface area contributed by atoms with Crippen LogP contribution in [0.4, 0.5) is 0 Å². The van der Waals surface area contributed by atoms with Gasteiger partial charge in [-0.1, -0.05) is 54.6 Å². The number of hydrogen-bond donors (Lipinski definition) is 0. The number of rotatable bonds is 2. The predicted octanol–water partition coefficient (Wildman–Crippen LogP) is 5.32. The lowest BCUT2D eigenvalue weighted by molar-refractivity contribution is 0.415. The molecule has 0 amide bonds. The molecule has 3 nitrogen and oxygen atoms in total. The third kappa shape index (κ3) is 2.09. The summed E-state index contributed by atoms with van der Waals surface area (Å²) in [6, 6.07) is 27.1. The average molecular weight is 324 g/mol. The first kappa shape index (κ1) is 14.1. The molecule has 0 N–H and O–H groups in total. The molecule has 0 bridgehead atoms. The van der Waals surface area contributed by atoms with Crippen molar-refractivity contribution < 1.29 is 4.74 Å². The molecule has 0 unspecified atom stereocenters. The summed E-state index contributed by atoms with van der Waals surface area (Å²) in [6.07, 6.45) is 0. The molecular formula is C22H16N2O. The van der Waals surface area contributed by atoms with Crippen molar-refractivity contribution >= 4 is 27.2 Å². The third-order valence-electron chi connectivity index (χ3n) is 4.68. The molecule has 0 saturated carbocycles. The maximum atomic E-state index is 5.45. The minimum absolute atomic E-state index is 0.854. The Morgan fingerprint density at radius 3 is 2.44 bits per heavy atom. The van der Waals surface area contributed by atoms with Crippen LogP contribution in [-0.2, 0) is 0 Å². The van der Waals surface area contributed by atoms with Crippen molar-refractivity contribution in [2.75, 3.05) is 7.11 Å². The van der Waals surface area contributed by atoms with E-state index < -0.39 is 0 Å². The second kappa shape index (κ2) is 5.35. The highest BCUT2D eigenvalue weighted by molar-refractivity contribution is 6.11. The van der Waals surface area contributed by atoms with Crippen molar-refractivity contribution in [3.8, 4) is 17.0 Å². The summed E-state index contributed by atoms with van der Waals surface area (Å²) in [5.41, 5.74) is 4.35. The van der Waals surface area contributed by atoms with Crippen molar-refractivity contribution in [3.05, 3.63) is 78.9 Å². The van der Waals surface area contributed by atoms with Crippen molar-refractivity contribution in [1.29, 1.82) is 0 Å². The van der Waals surface area contributed by atoms with Crippen LogP contribution in [0.2, 0.25) is 0 Å². The number of fused-ring (bicyclic) bond motifs is 5. The SMILES string of the molecule is COc1ccc2cc(-c3ccccc3)n3nc4ccccc4c3c2c1. The molecule has 0 atom stereocenters. The van der Waals surface area contributed by atoms with Crippen molar-refractivity contribution in [2.45, 2.75) is 0 Å². The Morgan fingerprint density at radius 1 is 0.800 bits per heavy atom. The van der Waals surface area contributed by atoms with Gasteiger partial charge >= 0.3 is 0 Å². The third-order valence-corrected chi connectivity index (χ3v) is 4.68. The zero-order valence-corrected chi connectivity index (χ0v) is 13.8. The predicted molar refractivity (Wildman–Crippen MR) is 102 cm³/mol. The smallest absolute Gasteiger partial charge is 0.119 e. The molecule has 0 saturated heterocycles. The van der Waals surface area contributed by atoms with Crippen LogP contribution in [0.5, 0.6) is 5.75 Å². The fourth-order valence-corrected chi connectivity index (χ4v) is 3.48. The first-order valence-corrected chi connectivity index (χ1v) is 8.29.